The average Bonchev–Trinajstić information content (AvgIpc) is 3.18. The fourth-order valence-electron chi connectivity index (χ4n) is 4.64. The smallest absolute Gasteiger partial charge is 0.335 e. The van der Waals surface area contributed by atoms with Crippen molar-refractivity contribution < 1.29 is 19.4 Å². The van der Waals surface area contributed by atoms with Crippen molar-refractivity contribution in [1.82, 2.24) is 4.98 Å². The van der Waals surface area contributed by atoms with E-state index in [4.69, 9.17) is 4.74 Å². The molecule has 0 saturated heterocycles. The molecule has 1 heterocycles. The van der Waals surface area contributed by atoms with Crippen molar-refractivity contribution in [3.63, 3.8) is 0 Å². The maximum Gasteiger partial charge on any atom is 0.335 e. The zero-order valence-corrected chi connectivity index (χ0v) is 21.6. The van der Waals surface area contributed by atoms with Crippen LogP contribution in [0.5, 0.6) is 5.75 Å². The van der Waals surface area contributed by atoms with Gasteiger partial charge in [0.1, 0.15) is 12.4 Å². The third-order valence-electron chi connectivity index (χ3n) is 6.39. The molecule has 3 rings (SSSR count). The number of hydrogen-bond donors (Lipinski definition) is 2. The lowest BCUT2D eigenvalue weighted by atomic mass is 9.83. The maximum atomic E-state index is 12.8. The highest BCUT2D eigenvalue weighted by Crippen LogP contribution is 2.34. The molecule has 2 N–H and O–H groups in total. The second-order valence-electron chi connectivity index (χ2n) is 10.5. The van der Waals surface area contributed by atoms with E-state index < -0.39 is 5.97 Å². The summed E-state index contributed by atoms with van der Waals surface area (Å²) in [4.78, 5) is 27.6. The van der Waals surface area contributed by atoms with Crippen molar-refractivity contribution in [3.05, 3.63) is 64.8 Å². The van der Waals surface area contributed by atoms with Crippen molar-refractivity contribution in [3.8, 4) is 5.75 Å². The van der Waals surface area contributed by atoms with Gasteiger partial charge in [0.2, 0.25) is 0 Å². The molecule has 0 fully saturated rings. The van der Waals surface area contributed by atoms with Crippen LogP contribution in [0.25, 0.3) is 10.9 Å². The minimum atomic E-state index is -0.961. The molecular formula is C30H39NO4. The number of Topliss-reactive ketones (excluding diaryl/α,β-unsaturated/α-hetero) is 1. The minimum Gasteiger partial charge on any atom is -0.486 e. The first-order valence-electron chi connectivity index (χ1n) is 12.8. The van der Waals surface area contributed by atoms with E-state index >= 15 is 0 Å². The van der Waals surface area contributed by atoms with Crippen LogP contribution in [0.4, 0.5) is 0 Å². The van der Waals surface area contributed by atoms with E-state index in [-0.39, 0.29) is 29.8 Å². The average molecular weight is 478 g/mol. The van der Waals surface area contributed by atoms with E-state index in [1.54, 1.807) is 18.2 Å². The van der Waals surface area contributed by atoms with E-state index in [9.17, 15) is 14.7 Å². The lowest BCUT2D eigenvalue weighted by molar-refractivity contribution is -0.120. The van der Waals surface area contributed by atoms with Gasteiger partial charge in [0.05, 0.1) is 12.0 Å². The Labute approximate surface area is 208 Å². The molecule has 0 amide bonds. The van der Waals surface area contributed by atoms with Gasteiger partial charge in [0.15, 0.2) is 5.78 Å². The van der Waals surface area contributed by atoms with E-state index in [0.29, 0.717) is 5.75 Å². The summed E-state index contributed by atoms with van der Waals surface area (Å²) in [5.41, 5.74) is 3.92. The molecule has 0 aliphatic rings. The van der Waals surface area contributed by atoms with E-state index in [1.807, 2.05) is 12.1 Å². The number of carbonyl (C=O) groups excluding carboxylic acids is 1. The molecule has 0 aliphatic heterocycles. The summed E-state index contributed by atoms with van der Waals surface area (Å²) in [6.45, 7) is 8.44. The number of carboxylic acid groups (broad SMARTS) is 1. The molecule has 188 valence electrons. The number of rotatable bonds is 13. The Hall–Kier alpha value is -3.08. The molecule has 0 radical (unpaired) electrons. The Balaban J connectivity index is 1.58. The molecule has 0 aliphatic carbocycles. The molecule has 0 saturated carbocycles. The molecule has 0 unspecified atom stereocenters. The van der Waals surface area contributed by atoms with Gasteiger partial charge in [0.25, 0.3) is 0 Å². The van der Waals surface area contributed by atoms with Crippen LogP contribution in [0, 0.1) is 0 Å². The largest absolute Gasteiger partial charge is 0.486 e. The predicted octanol–water partition coefficient (Wildman–Crippen LogP) is 7.26. The molecule has 0 bridgehead atoms. The summed E-state index contributed by atoms with van der Waals surface area (Å²) in [5.74, 6) is -0.294. The SMILES string of the molecule is CCCCCCCCc1ccc(OCC(=O)Cc2[nH]c3ccc(C(=O)O)cc3c2C(C)(C)C)cc1. The van der Waals surface area contributed by atoms with Gasteiger partial charge < -0.3 is 14.8 Å². The monoisotopic (exact) mass is 477 g/mol. The zero-order chi connectivity index (χ0) is 25.4. The van der Waals surface area contributed by atoms with Gasteiger partial charge >= 0.3 is 5.97 Å². The number of aromatic nitrogens is 1. The Morgan fingerprint density at radius 1 is 0.943 bits per heavy atom. The standard InChI is InChI=1S/C30H39NO4/c1-5-6-7-8-9-10-11-21-12-15-24(16-13-21)35-20-23(32)19-27-28(30(2,3)4)25-18-22(29(33)34)14-17-26(25)31-27/h12-18,31H,5-11,19-20H2,1-4H3,(H,33,34). The number of fused-ring (bicyclic) bond motifs is 1. The number of aryl methyl sites for hydroxylation is 1. The highest BCUT2D eigenvalue weighted by molar-refractivity contribution is 5.96. The number of hydrogen-bond acceptors (Lipinski definition) is 3. The lowest BCUT2D eigenvalue weighted by Gasteiger charge is -2.20. The minimum absolute atomic E-state index is 0.00387. The van der Waals surface area contributed by atoms with Gasteiger partial charge in [-0.1, -0.05) is 71.9 Å². The van der Waals surface area contributed by atoms with Gasteiger partial charge in [-0.15, -0.1) is 0 Å². The van der Waals surface area contributed by atoms with Gasteiger partial charge in [-0.25, -0.2) is 4.79 Å². The van der Waals surface area contributed by atoms with Gasteiger partial charge in [0, 0.05) is 16.6 Å². The summed E-state index contributed by atoms with van der Waals surface area (Å²) in [6, 6.07) is 13.1. The third kappa shape index (κ3) is 7.45. The summed E-state index contributed by atoms with van der Waals surface area (Å²) in [6.07, 6.45) is 9.00. The van der Waals surface area contributed by atoms with Crippen molar-refractivity contribution >= 4 is 22.7 Å². The fraction of sp³-hybridized carbons (Fsp3) is 0.467. The fourth-order valence-corrected chi connectivity index (χ4v) is 4.64. The Morgan fingerprint density at radius 2 is 1.63 bits per heavy atom. The Morgan fingerprint density at radius 3 is 2.29 bits per heavy atom. The predicted molar refractivity (Wildman–Crippen MR) is 142 cm³/mol. The molecule has 5 nitrogen and oxygen atoms in total. The van der Waals surface area contributed by atoms with Gasteiger partial charge in [-0.2, -0.15) is 0 Å². The van der Waals surface area contributed by atoms with Crippen LogP contribution in [0.3, 0.4) is 0 Å². The topological polar surface area (TPSA) is 79.4 Å². The number of ketones is 1. The second-order valence-corrected chi connectivity index (χ2v) is 10.5. The molecule has 0 atom stereocenters. The number of aromatic amines is 1. The van der Waals surface area contributed by atoms with E-state index in [0.717, 1.165) is 28.6 Å². The number of H-pyrrole nitrogens is 1. The number of unbranched alkanes of at least 4 members (excludes halogenated alkanes) is 5. The lowest BCUT2D eigenvalue weighted by Crippen LogP contribution is -2.18. The Bertz CT molecular complexity index is 1140. The zero-order valence-electron chi connectivity index (χ0n) is 21.6. The van der Waals surface area contributed by atoms with Crippen LogP contribution in [0.2, 0.25) is 0 Å². The summed E-state index contributed by atoms with van der Waals surface area (Å²) in [5, 5.41) is 10.2. The van der Waals surface area contributed by atoms with E-state index in [1.165, 1.54) is 44.1 Å². The van der Waals surface area contributed by atoms with Crippen molar-refractivity contribution in [2.75, 3.05) is 6.61 Å². The number of carboxylic acids is 1. The van der Waals surface area contributed by atoms with Crippen LogP contribution in [0.1, 0.15) is 93.4 Å². The Kier molecular flexibility index (Phi) is 9.13. The van der Waals surface area contributed by atoms with Gasteiger partial charge in [-0.05, 0) is 59.7 Å². The van der Waals surface area contributed by atoms with Crippen LogP contribution >= 0.6 is 0 Å². The summed E-state index contributed by atoms with van der Waals surface area (Å²) in [7, 11) is 0. The van der Waals surface area contributed by atoms with Crippen LogP contribution in [0.15, 0.2) is 42.5 Å². The third-order valence-corrected chi connectivity index (χ3v) is 6.39. The first-order valence-corrected chi connectivity index (χ1v) is 12.8. The highest BCUT2D eigenvalue weighted by Gasteiger charge is 2.25. The molecule has 35 heavy (non-hydrogen) atoms. The van der Waals surface area contributed by atoms with Crippen molar-refractivity contribution in [2.45, 2.75) is 84.5 Å². The van der Waals surface area contributed by atoms with E-state index in [2.05, 4.69) is 44.8 Å². The molecule has 0 spiro atoms. The quantitative estimate of drug-likeness (QED) is 0.254. The number of nitrogens with one attached hydrogen (secondary N) is 1. The molecule has 5 heteroatoms. The van der Waals surface area contributed by atoms with Gasteiger partial charge in [-0.3, -0.25) is 4.79 Å². The molecule has 3 aromatic rings. The molecule has 2 aromatic carbocycles. The number of ether oxygens (including phenoxy) is 1. The summed E-state index contributed by atoms with van der Waals surface area (Å²) >= 11 is 0. The maximum absolute atomic E-state index is 12.8. The summed E-state index contributed by atoms with van der Waals surface area (Å²) < 4.78 is 5.77. The van der Waals surface area contributed by atoms with Crippen LogP contribution in [-0.2, 0) is 23.1 Å². The molecular weight excluding hydrogens is 438 g/mol. The van der Waals surface area contributed by atoms with Crippen LogP contribution < -0.4 is 4.74 Å². The first kappa shape index (κ1) is 26.5. The van der Waals surface area contributed by atoms with Crippen molar-refractivity contribution in [1.29, 1.82) is 0 Å². The highest BCUT2D eigenvalue weighted by atomic mass is 16.5. The number of aromatic carboxylic acids is 1. The normalized spacial score (nSPS) is 11.7. The first-order chi connectivity index (χ1) is 16.7. The second kappa shape index (κ2) is 12.1. The molecule has 1 aromatic heterocycles. The number of carbonyl (C=O) groups is 2. The number of benzene rings is 2. The van der Waals surface area contributed by atoms with Crippen LogP contribution in [-0.4, -0.2) is 28.4 Å². The van der Waals surface area contributed by atoms with Crippen molar-refractivity contribution in [2.24, 2.45) is 0 Å².